The Morgan fingerprint density at radius 1 is 1.22 bits per heavy atom. The van der Waals surface area contributed by atoms with Gasteiger partial charge in [-0.25, -0.2) is 14.4 Å². The molecule has 5 atom stereocenters. The zero-order chi connectivity index (χ0) is 29.9. The SMILES string of the molecule is CC12CCCN1CC(F)C2.CCc1nc2c(c(N(C)[C@H](C)CC)n1)CCC(c1c([C@@H](C)CC)ccc(N)c1C#N)C2. The summed E-state index contributed by atoms with van der Waals surface area (Å²) >= 11 is 0. The Morgan fingerprint density at radius 2 is 1.98 bits per heavy atom. The molecule has 1 aromatic carbocycles. The number of hydrogen-bond donors (Lipinski definition) is 1. The Bertz CT molecular complexity index is 1250. The lowest BCUT2D eigenvalue weighted by molar-refractivity contribution is 0.217. The van der Waals surface area contributed by atoms with Crippen LogP contribution in [0.3, 0.4) is 0 Å². The highest BCUT2D eigenvalue weighted by Gasteiger charge is 2.44. The number of nitrogens with zero attached hydrogens (tertiary/aromatic N) is 5. The fourth-order valence-corrected chi connectivity index (χ4v) is 7.09. The number of aromatic nitrogens is 2. The maximum Gasteiger partial charge on any atom is 0.135 e. The summed E-state index contributed by atoms with van der Waals surface area (Å²) in [6, 6.07) is 6.87. The van der Waals surface area contributed by atoms with Crippen molar-refractivity contribution in [2.75, 3.05) is 30.8 Å². The van der Waals surface area contributed by atoms with E-state index in [0.717, 1.165) is 74.4 Å². The van der Waals surface area contributed by atoms with E-state index in [4.69, 9.17) is 15.7 Å². The average molecular weight is 563 g/mol. The zero-order valence-electron chi connectivity index (χ0n) is 26.4. The number of fused-ring (bicyclic) bond motifs is 2. The monoisotopic (exact) mass is 562 g/mol. The number of rotatable bonds is 7. The van der Waals surface area contributed by atoms with Gasteiger partial charge in [0.1, 0.15) is 23.9 Å². The summed E-state index contributed by atoms with van der Waals surface area (Å²) in [4.78, 5) is 14.5. The van der Waals surface area contributed by atoms with Crippen molar-refractivity contribution in [2.24, 2.45) is 0 Å². The van der Waals surface area contributed by atoms with Crippen molar-refractivity contribution in [3.8, 4) is 6.07 Å². The first kappa shape index (κ1) is 31.2. The first-order valence-electron chi connectivity index (χ1n) is 15.9. The second kappa shape index (κ2) is 13.1. The number of aryl methyl sites for hydroxylation is 1. The van der Waals surface area contributed by atoms with Crippen LogP contribution in [0.15, 0.2) is 12.1 Å². The number of alkyl halides is 1. The van der Waals surface area contributed by atoms with E-state index in [2.05, 4.69) is 70.5 Å². The Kier molecular flexibility index (Phi) is 9.95. The van der Waals surface area contributed by atoms with Crippen molar-refractivity contribution in [2.45, 2.75) is 129 Å². The van der Waals surface area contributed by atoms with E-state index < -0.39 is 6.17 Å². The van der Waals surface area contributed by atoms with Gasteiger partial charge in [-0.05, 0) is 101 Å². The third-order valence-electron chi connectivity index (χ3n) is 10.2. The quantitative estimate of drug-likeness (QED) is 0.363. The molecule has 0 saturated carbocycles. The zero-order valence-corrected chi connectivity index (χ0v) is 26.4. The van der Waals surface area contributed by atoms with E-state index in [1.165, 1.54) is 24.0 Å². The number of nitriles is 1. The van der Waals surface area contributed by atoms with Gasteiger partial charge in [0, 0.05) is 42.8 Å². The molecule has 5 rings (SSSR count). The molecule has 224 valence electrons. The van der Waals surface area contributed by atoms with Gasteiger partial charge in [-0.15, -0.1) is 0 Å². The van der Waals surface area contributed by atoms with Gasteiger partial charge in [-0.2, -0.15) is 5.26 Å². The lowest BCUT2D eigenvalue weighted by Gasteiger charge is -2.33. The van der Waals surface area contributed by atoms with E-state index >= 15 is 0 Å². The number of anilines is 2. The van der Waals surface area contributed by atoms with Crippen LogP contribution < -0.4 is 10.6 Å². The number of benzene rings is 1. The van der Waals surface area contributed by atoms with Crippen LogP contribution in [-0.2, 0) is 19.3 Å². The fourth-order valence-electron chi connectivity index (χ4n) is 7.09. The van der Waals surface area contributed by atoms with Gasteiger partial charge in [0.2, 0.25) is 0 Å². The van der Waals surface area contributed by atoms with E-state index in [1.54, 1.807) is 0 Å². The minimum atomic E-state index is -0.551. The first-order valence-corrected chi connectivity index (χ1v) is 15.9. The highest BCUT2D eigenvalue weighted by molar-refractivity contribution is 5.63. The van der Waals surface area contributed by atoms with Crippen LogP contribution in [0.1, 0.15) is 126 Å². The van der Waals surface area contributed by atoms with Crippen molar-refractivity contribution in [3.63, 3.8) is 0 Å². The number of halogens is 1. The summed E-state index contributed by atoms with van der Waals surface area (Å²) in [5.74, 6) is 2.65. The summed E-state index contributed by atoms with van der Waals surface area (Å²) in [6.07, 6.45) is 8.38. The van der Waals surface area contributed by atoms with E-state index in [-0.39, 0.29) is 11.5 Å². The van der Waals surface area contributed by atoms with Crippen LogP contribution in [0.4, 0.5) is 15.9 Å². The van der Waals surface area contributed by atoms with Crippen LogP contribution >= 0.6 is 0 Å². The molecule has 1 aromatic heterocycles. The molecule has 2 aliphatic heterocycles. The van der Waals surface area contributed by atoms with Gasteiger partial charge in [-0.3, -0.25) is 4.90 Å². The molecule has 0 bridgehead atoms. The van der Waals surface area contributed by atoms with E-state index in [1.807, 2.05) is 6.07 Å². The molecule has 2 N–H and O–H groups in total. The standard InChI is InChI=1S/C26H37N5.C8H14FN/c1-7-16(4)19-12-13-22(28)21(15-27)25(19)18-10-11-20-23(14-18)29-24(9-3)30-26(20)31(6)17(5)8-2;1-8-3-2-4-10(8)6-7(9)5-8/h12-13,16-18H,7-11,14,28H2,1-6H3;7H,2-6H2,1H3/t16-,17+,18?;/m0./s1. The minimum Gasteiger partial charge on any atom is -0.398 e. The summed E-state index contributed by atoms with van der Waals surface area (Å²) in [7, 11) is 2.15. The highest BCUT2D eigenvalue weighted by atomic mass is 19.1. The third-order valence-corrected chi connectivity index (χ3v) is 10.2. The summed E-state index contributed by atoms with van der Waals surface area (Å²) in [5.41, 5.74) is 12.6. The van der Waals surface area contributed by atoms with Crippen LogP contribution in [0.5, 0.6) is 0 Å². The molecule has 2 fully saturated rings. The number of hydrogen-bond acceptors (Lipinski definition) is 6. The predicted molar refractivity (Wildman–Crippen MR) is 167 cm³/mol. The highest BCUT2D eigenvalue weighted by Crippen LogP contribution is 2.42. The Balaban J connectivity index is 0.000000322. The molecule has 2 aromatic rings. The Hall–Kier alpha value is -2.72. The van der Waals surface area contributed by atoms with Gasteiger partial charge < -0.3 is 10.6 Å². The maximum atomic E-state index is 12.8. The van der Waals surface area contributed by atoms with Crippen molar-refractivity contribution in [1.82, 2.24) is 14.9 Å². The molecule has 41 heavy (non-hydrogen) atoms. The molecule has 0 amide bonds. The number of nitrogen functional groups attached to an aromatic ring is 1. The molecule has 3 aliphatic rings. The summed E-state index contributed by atoms with van der Waals surface area (Å²) in [5, 5.41) is 9.93. The Morgan fingerprint density at radius 3 is 2.61 bits per heavy atom. The van der Waals surface area contributed by atoms with Gasteiger partial charge in [0.25, 0.3) is 0 Å². The summed E-state index contributed by atoms with van der Waals surface area (Å²) < 4.78 is 12.8. The molecule has 0 spiro atoms. The van der Waals surface area contributed by atoms with Crippen molar-refractivity contribution in [3.05, 3.63) is 45.9 Å². The molecule has 3 heterocycles. The predicted octanol–water partition coefficient (Wildman–Crippen LogP) is 7.10. The van der Waals surface area contributed by atoms with Gasteiger partial charge in [-0.1, -0.05) is 33.8 Å². The first-order chi connectivity index (χ1) is 19.6. The fraction of sp³-hybridized carbons (Fsp3) is 0.676. The van der Waals surface area contributed by atoms with Crippen LogP contribution in [0.2, 0.25) is 0 Å². The van der Waals surface area contributed by atoms with Crippen molar-refractivity contribution < 1.29 is 4.39 Å². The van der Waals surface area contributed by atoms with Gasteiger partial charge >= 0.3 is 0 Å². The second-order valence-corrected chi connectivity index (χ2v) is 12.9. The smallest absolute Gasteiger partial charge is 0.135 e. The molecule has 2 saturated heterocycles. The second-order valence-electron chi connectivity index (χ2n) is 12.9. The van der Waals surface area contributed by atoms with E-state index in [0.29, 0.717) is 29.8 Å². The minimum absolute atomic E-state index is 0.236. The lowest BCUT2D eigenvalue weighted by Crippen LogP contribution is -2.34. The molecule has 3 unspecified atom stereocenters. The van der Waals surface area contributed by atoms with Crippen molar-refractivity contribution >= 4 is 11.5 Å². The maximum absolute atomic E-state index is 12.8. The largest absolute Gasteiger partial charge is 0.398 e. The topological polar surface area (TPSA) is 82.1 Å². The molecule has 6 nitrogen and oxygen atoms in total. The molecule has 0 radical (unpaired) electrons. The normalized spacial score (nSPS) is 25.0. The van der Waals surface area contributed by atoms with E-state index in [9.17, 15) is 9.65 Å². The van der Waals surface area contributed by atoms with Gasteiger partial charge in [0.05, 0.1) is 11.3 Å². The number of nitrogens with two attached hydrogens (primary N) is 1. The lowest BCUT2D eigenvalue weighted by atomic mass is 9.76. The molecular weight excluding hydrogens is 511 g/mol. The third kappa shape index (κ3) is 6.38. The Labute approximate surface area is 247 Å². The molecule has 1 aliphatic carbocycles. The van der Waals surface area contributed by atoms with Crippen LogP contribution in [0, 0.1) is 11.3 Å². The molecular formula is C34H51FN6. The van der Waals surface area contributed by atoms with Crippen molar-refractivity contribution in [1.29, 1.82) is 5.26 Å². The van der Waals surface area contributed by atoms with Crippen LogP contribution in [-0.4, -0.2) is 52.8 Å². The van der Waals surface area contributed by atoms with Crippen LogP contribution in [0.25, 0.3) is 0 Å². The molecule has 7 heteroatoms. The average Bonchev–Trinajstić information content (AvgIpc) is 3.47. The van der Waals surface area contributed by atoms with Gasteiger partial charge in [0.15, 0.2) is 0 Å². The summed E-state index contributed by atoms with van der Waals surface area (Å²) in [6.45, 7) is 15.0.